The summed E-state index contributed by atoms with van der Waals surface area (Å²) in [4.78, 5) is 17.4. The zero-order chi connectivity index (χ0) is 18.5. The highest BCUT2D eigenvalue weighted by Gasteiger charge is 2.42. The van der Waals surface area contributed by atoms with Crippen LogP contribution in [0, 0.1) is 0 Å². The van der Waals surface area contributed by atoms with Crippen LogP contribution in [0.15, 0.2) is 60.7 Å². The van der Waals surface area contributed by atoms with E-state index in [1.807, 2.05) is 30.3 Å². The van der Waals surface area contributed by atoms with Gasteiger partial charge in [-0.2, -0.15) is 0 Å². The molecule has 0 saturated carbocycles. The molecule has 2 aromatic rings. The van der Waals surface area contributed by atoms with Gasteiger partial charge in [0.1, 0.15) is 0 Å². The van der Waals surface area contributed by atoms with Crippen LogP contribution in [0.25, 0.3) is 0 Å². The van der Waals surface area contributed by atoms with E-state index in [4.69, 9.17) is 4.74 Å². The van der Waals surface area contributed by atoms with Crippen LogP contribution in [0.3, 0.4) is 0 Å². The summed E-state index contributed by atoms with van der Waals surface area (Å²) in [6.07, 6.45) is 2.46. The Morgan fingerprint density at radius 3 is 2.07 bits per heavy atom. The molecule has 2 aliphatic heterocycles. The van der Waals surface area contributed by atoms with Crippen molar-refractivity contribution in [1.29, 1.82) is 0 Å². The molecular formula is C23H28N2O2. The molecule has 4 rings (SSSR count). The summed E-state index contributed by atoms with van der Waals surface area (Å²) in [5.41, 5.74) is 2.49. The zero-order valence-corrected chi connectivity index (χ0v) is 15.8. The van der Waals surface area contributed by atoms with Gasteiger partial charge < -0.3 is 9.64 Å². The van der Waals surface area contributed by atoms with Crippen molar-refractivity contribution in [2.24, 2.45) is 0 Å². The van der Waals surface area contributed by atoms with Gasteiger partial charge in [-0.1, -0.05) is 60.7 Å². The van der Waals surface area contributed by atoms with E-state index in [0.717, 1.165) is 57.8 Å². The highest BCUT2D eigenvalue weighted by Crippen LogP contribution is 2.39. The Bertz CT molecular complexity index is 733. The van der Waals surface area contributed by atoms with E-state index >= 15 is 0 Å². The SMILES string of the molecule is O=C(Cc1ccccc1)N1CCC(c2ccccc2)(N2CCOCC2)CC1. The van der Waals surface area contributed by atoms with E-state index in [1.165, 1.54) is 5.56 Å². The Morgan fingerprint density at radius 1 is 0.852 bits per heavy atom. The minimum absolute atomic E-state index is 0.0224. The lowest BCUT2D eigenvalue weighted by Crippen LogP contribution is -2.57. The minimum Gasteiger partial charge on any atom is -0.379 e. The monoisotopic (exact) mass is 364 g/mol. The van der Waals surface area contributed by atoms with Crippen molar-refractivity contribution >= 4 is 5.91 Å². The molecular weight excluding hydrogens is 336 g/mol. The Balaban J connectivity index is 1.48. The molecule has 2 fully saturated rings. The summed E-state index contributed by atoms with van der Waals surface area (Å²) in [5.74, 6) is 0.241. The third-order valence-corrected chi connectivity index (χ3v) is 6.07. The summed E-state index contributed by atoms with van der Waals surface area (Å²) >= 11 is 0. The third kappa shape index (κ3) is 3.92. The number of nitrogens with zero attached hydrogens (tertiary/aromatic N) is 2. The molecule has 2 heterocycles. The largest absolute Gasteiger partial charge is 0.379 e. The van der Waals surface area contributed by atoms with E-state index in [-0.39, 0.29) is 11.4 Å². The summed E-state index contributed by atoms with van der Waals surface area (Å²) in [6.45, 7) is 5.16. The fourth-order valence-electron chi connectivity index (χ4n) is 4.54. The topological polar surface area (TPSA) is 32.8 Å². The third-order valence-electron chi connectivity index (χ3n) is 6.07. The molecule has 1 amide bonds. The normalized spacial score (nSPS) is 20.4. The first kappa shape index (κ1) is 18.2. The number of rotatable bonds is 4. The molecule has 0 bridgehead atoms. The smallest absolute Gasteiger partial charge is 0.226 e. The second-order valence-corrected chi connectivity index (χ2v) is 7.54. The lowest BCUT2D eigenvalue weighted by molar-refractivity contribution is -0.134. The molecule has 0 aromatic heterocycles. The van der Waals surface area contributed by atoms with Gasteiger partial charge in [0.2, 0.25) is 5.91 Å². The summed E-state index contributed by atoms with van der Waals surface area (Å²) < 4.78 is 5.59. The Hall–Kier alpha value is -2.17. The van der Waals surface area contributed by atoms with Crippen molar-refractivity contribution in [3.63, 3.8) is 0 Å². The number of hydrogen-bond donors (Lipinski definition) is 0. The lowest BCUT2D eigenvalue weighted by atomic mass is 9.79. The van der Waals surface area contributed by atoms with Crippen LogP contribution in [0.4, 0.5) is 0 Å². The van der Waals surface area contributed by atoms with Gasteiger partial charge in [-0.3, -0.25) is 9.69 Å². The van der Waals surface area contributed by atoms with Crippen LogP contribution in [-0.2, 0) is 21.5 Å². The molecule has 2 saturated heterocycles. The van der Waals surface area contributed by atoms with Crippen LogP contribution in [0.1, 0.15) is 24.0 Å². The number of benzene rings is 2. The van der Waals surface area contributed by atoms with Crippen LogP contribution in [0.2, 0.25) is 0 Å². The molecule has 0 aliphatic carbocycles. The van der Waals surface area contributed by atoms with E-state index < -0.39 is 0 Å². The number of likely N-dealkylation sites (tertiary alicyclic amines) is 1. The highest BCUT2D eigenvalue weighted by atomic mass is 16.5. The molecule has 0 unspecified atom stereocenters. The van der Waals surface area contributed by atoms with E-state index in [0.29, 0.717) is 6.42 Å². The molecule has 0 atom stereocenters. The summed E-state index contributed by atoms with van der Waals surface area (Å²) in [5, 5.41) is 0. The number of piperidine rings is 1. The molecule has 142 valence electrons. The highest BCUT2D eigenvalue weighted by molar-refractivity contribution is 5.78. The van der Waals surface area contributed by atoms with Crippen molar-refractivity contribution in [3.8, 4) is 0 Å². The summed E-state index contributed by atoms with van der Waals surface area (Å²) in [7, 11) is 0. The average Bonchev–Trinajstić information content (AvgIpc) is 2.76. The van der Waals surface area contributed by atoms with Crippen LogP contribution in [0.5, 0.6) is 0 Å². The molecule has 2 aromatic carbocycles. The maximum absolute atomic E-state index is 12.8. The van der Waals surface area contributed by atoms with Gasteiger partial charge in [0.05, 0.1) is 19.6 Å². The minimum atomic E-state index is 0.0224. The molecule has 0 N–H and O–H groups in total. The maximum atomic E-state index is 12.8. The quantitative estimate of drug-likeness (QED) is 0.836. The van der Waals surface area contributed by atoms with Crippen molar-refractivity contribution in [3.05, 3.63) is 71.8 Å². The maximum Gasteiger partial charge on any atom is 0.226 e. The molecule has 0 spiro atoms. The van der Waals surface area contributed by atoms with E-state index in [1.54, 1.807) is 0 Å². The van der Waals surface area contributed by atoms with Gasteiger partial charge in [-0.05, 0) is 24.0 Å². The Kier molecular flexibility index (Phi) is 5.55. The number of ether oxygens (including phenoxy) is 1. The molecule has 4 heteroatoms. The van der Waals surface area contributed by atoms with Gasteiger partial charge >= 0.3 is 0 Å². The van der Waals surface area contributed by atoms with Gasteiger partial charge in [-0.25, -0.2) is 0 Å². The van der Waals surface area contributed by atoms with Gasteiger partial charge in [0.15, 0.2) is 0 Å². The fourth-order valence-corrected chi connectivity index (χ4v) is 4.54. The molecule has 27 heavy (non-hydrogen) atoms. The van der Waals surface area contributed by atoms with Crippen molar-refractivity contribution in [1.82, 2.24) is 9.80 Å². The Morgan fingerprint density at radius 2 is 1.44 bits per heavy atom. The number of hydrogen-bond acceptors (Lipinski definition) is 3. The van der Waals surface area contributed by atoms with Gasteiger partial charge in [-0.15, -0.1) is 0 Å². The predicted molar refractivity (Wildman–Crippen MR) is 106 cm³/mol. The first-order valence-electron chi connectivity index (χ1n) is 9.98. The second-order valence-electron chi connectivity index (χ2n) is 7.54. The second kappa shape index (κ2) is 8.24. The first-order valence-corrected chi connectivity index (χ1v) is 9.98. The average molecular weight is 364 g/mol. The van der Waals surface area contributed by atoms with Crippen LogP contribution >= 0.6 is 0 Å². The molecule has 0 radical (unpaired) electrons. The van der Waals surface area contributed by atoms with Crippen molar-refractivity contribution < 1.29 is 9.53 Å². The van der Waals surface area contributed by atoms with Crippen molar-refractivity contribution in [2.75, 3.05) is 39.4 Å². The summed E-state index contributed by atoms with van der Waals surface area (Å²) in [6, 6.07) is 20.9. The molecule has 4 nitrogen and oxygen atoms in total. The lowest BCUT2D eigenvalue weighted by Gasteiger charge is -2.50. The van der Waals surface area contributed by atoms with Crippen molar-refractivity contribution in [2.45, 2.75) is 24.8 Å². The molecule has 2 aliphatic rings. The van der Waals surface area contributed by atoms with Crippen LogP contribution < -0.4 is 0 Å². The fraction of sp³-hybridized carbons (Fsp3) is 0.435. The van der Waals surface area contributed by atoms with Gasteiger partial charge in [0.25, 0.3) is 0 Å². The number of amides is 1. The number of morpholine rings is 1. The first-order chi connectivity index (χ1) is 13.3. The zero-order valence-electron chi connectivity index (χ0n) is 15.8. The van der Waals surface area contributed by atoms with Gasteiger partial charge in [0, 0.05) is 31.7 Å². The Labute approximate surface area is 161 Å². The van der Waals surface area contributed by atoms with E-state index in [2.05, 4.69) is 40.1 Å². The number of carbonyl (C=O) groups is 1. The number of carbonyl (C=O) groups excluding carboxylic acids is 1. The standard InChI is InChI=1S/C23H28N2O2/c26-22(19-20-7-3-1-4-8-20)24-13-11-23(12-14-24,21-9-5-2-6-10-21)25-15-17-27-18-16-25/h1-10H,11-19H2. The predicted octanol–water partition coefficient (Wildman–Crippen LogP) is 3.08. The van der Waals surface area contributed by atoms with E-state index in [9.17, 15) is 4.79 Å². The van der Waals surface area contributed by atoms with Crippen LogP contribution in [-0.4, -0.2) is 55.1 Å².